The molecule has 9 nitrogen and oxygen atoms in total. The standard InChI is InChI=1S/C25H28N6O3/c1-2-34-25(32)30-24(26)29-22-6-5-19(20-4-3-8-27-16-20)15-21(22)23-14-18(7-9-28-23)17-31-10-12-33-13-11-31/h3-9,14-16H,2,10-13,17H2,1H3,(H3,26,29,30,32). The number of rotatable bonds is 6. The lowest BCUT2D eigenvalue weighted by atomic mass is 10.00. The number of hydrogen-bond donors (Lipinski definition) is 2. The minimum absolute atomic E-state index is 0.0571. The predicted octanol–water partition coefficient (Wildman–Crippen LogP) is 3.34. The summed E-state index contributed by atoms with van der Waals surface area (Å²) >= 11 is 0. The number of ether oxygens (including phenoxy) is 2. The van der Waals surface area contributed by atoms with E-state index in [0.717, 1.165) is 60.8 Å². The average molecular weight is 461 g/mol. The number of hydrogen-bond acceptors (Lipinski definition) is 7. The van der Waals surface area contributed by atoms with Crippen molar-refractivity contribution in [2.45, 2.75) is 13.5 Å². The number of pyridine rings is 2. The highest BCUT2D eigenvalue weighted by Gasteiger charge is 2.14. The number of nitrogens with two attached hydrogens (primary N) is 1. The van der Waals surface area contributed by atoms with Crippen LogP contribution < -0.4 is 11.1 Å². The van der Waals surface area contributed by atoms with Crippen molar-refractivity contribution < 1.29 is 14.3 Å². The van der Waals surface area contributed by atoms with Gasteiger partial charge < -0.3 is 15.2 Å². The molecule has 0 spiro atoms. The van der Waals surface area contributed by atoms with E-state index in [1.807, 2.05) is 36.4 Å². The molecule has 1 aromatic carbocycles. The van der Waals surface area contributed by atoms with Crippen LogP contribution in [0.3, 0.4) is 0 Å². The number of morpholine rings is 1. The smallest absolute Gasteiger partial charge is 0.413 e. The zero-order valence-corrected chi connectivity index (χ0v) is 19.1. The van der Waals surface area contributed by atoms with Crippen LogP contribution >= 0.6 is 0 Å². The average Bonchev–Trinajstić information content (AvgIpc) is 2.86. The lowest BCUT2D eigenvalue weighted by Gasteiger charge is -2.26. The van der Waals surface area contributed by atoms with Gasteiger partial charge in [-0.2, -0.15) is 0 Å². The van der Waals surface area contributed by atoms with Crippen LogP contribution in [0.25, 0.3) is 22.4 Å². The summed E-state index contributed by atoms with van der Waals surface area (Å²) < 4.78 is 10.3. The van der Waals surface area contributed by atoms with Gasteiger partial charge in [0, 0.05) is 49.4 Å². The van der Waals surface area contributed by atoms with Crippen LogP contribution in [0, 0.1) is 0 Å². The zero-order valence-electron chi connectivity index (χ0n) is 19.1. The van der Waals surface area contributed by atoms with E-state index in [1.54, 1.807) is 25.5 Å². The van der Waals surface area contributed by atoms with Gasteiger partial charge in [-0.05, 0) is 48.4 Å². The first-order valence-corrected chi connectivity index (χ1v) is 11.2. The largest absolute Gasteiger partial charge is 0.450 e. The van der Waals surface area contributed by atoms with E-state index < -0.39 is 6.09 Å². The highest BCUT2D eigenvalue weighted by molar-refractivity contribution is 5.95. The summed E-state index contributed by atoms with van der Waals surface area (Å²) in [5.41, 5.74) is 11.2. The number of aromatic nitrogens is 2. The van der Waals surface area contributed by atoms with Gasteiger partial charge in [0.05, 0.1) is 31.2 Å². The van der Waals surface area contributed by atoms with E-state index in [1.165, 1.54) is 0 Å². The molecule has 1 fully saturated rings. The molecule has 0 unspecified atom stereocenters. The highest BCUT2D eigenvalue weighted by Crippen LogP contribution is 2.34. The molecule has 0 radical (unpaired) electrons. The molecular weight excluding hydrogens is 432 g/mol. The van der Waals surface area contributed by atoms with Crippen molar-refractivity contribution in [2.24, 2.45) is 10.7 Å². The summed E-state index contributed by atoms with van der Waals surface area (Å²) in [6, 6.07) is 13.8. The highest BCUT2D eigenvalue weighted by atomic mass is 16.5. The molecule has 1 saturated heterocycles. The molecule has 1 aliphatic heterocycles. The number of guanidine groups is 1. The zero-order chi connectivity index (χ0) is 23.8. The second kappa shape index (κ2) is 11.4. The van der Waals surface area contributed by atoms with Crippen LogP contribution in [-0.4, -0.2) is 59.8 Å². The Morgan fingerprint density at radius 3 is 2.79 bits per heavy atom. The third-order valence-corrected chi connectivity index (χ3v) is 5.35. The van der Waals surface area contributed by atoms with Gasteiger partial charge in [-0.25, -0.2) is 9.79 Å². The fourth-order valence-electron chi connectivity index (χ4n) is 3.72. The Kier molecular flexibility index (Phi) is 7.79. The molecule has 3 heterocycles. The van der Waals surface area contributed by atoms with Crippen molar-refractivity contribution in [3.8, 4) is 22.4 Å². The maximum absolute atomic E-state index is 11.7. The van der Waals surface area contributed by atoms with Crippen LogP contribution in [0.5, 0.6) is 0 Å². The van der Waals surface area contributed by atoms with E-state index in [0.29, 0.717) is 5.69 Å². The van der Waals surface area contributed by atoms with Gasteiger partial charge in [0.1, 0.15) is 0 Å². The van der Waals surface area contributed by atoms with Gasteiger partial charge in [0.15, 0.2) is 0 Å². The van der Waals surface area contributed by atoms with E-state index >= 15 is 0 Å². The Balaban J connectivity index is 1.69. The number of nitrogens with zero attached hydrogens (tertiary/aromatic N) is 4. The number of carbonyl (C=O) groups is 1. The van der Waals surface area contributed by atoms with Crippen LogP contribution in [0.4, 0.5) is 10.5 Å². The van der Waals surface area contributed by atoms with E-state index in [9.17, 15) is 4.79 Å². The van der Waals surface area contributed by atoms with Crippen molar-refractivity contribution in [3.05, 3.63) is 66.6 Å². The third kappa shape index (κ3) is 6.15. The topological polar surface area (TPSA) is 115 Å². The number of benzene rings is 1. The second-order valence-electron chi connectivity index (χ2n) is 7.75. The van der Waals surface area contributed by atoms with Crippen LogP contribution in [0.2, 0.25) is 0 Å². The summed E-state index contributed by atoms with van der Waals surface area (Å²) in [7, 11) is 0. The van der Waals surface area contributed by atoms with E-state index in [4.69, 9.17) is 15.2 Å². The molecular formula is C25H28N6O3. The summed E-state index contributed by atoms with van der Waals surface area (Å²) in [5, 5.41) is 2.44. The number of alkyl carbamates (subject to hydrolysis) is 1. The minimum Gasteiger partial charge on any atom is -0.450 e. The Hall–Kier alpha value is -3.82. The Morgan fingerprint density at radius 1 is 1.18 bits per heavy atom. The molecule has 176 valence electrons. The maximum Gasteiger partial charge on any atom is 0.413 e. The third-order valence-electron chi connectivity index (χ3n) is 5.35. The summed E-state index contributed by atoms with van der Waals surface area (Å²) in [4.78, 5) is 27.4. The van der Waals surface area contributed by atoms with Gasteiger partial charge in [-0.15, -0.1) is 0 Å². The maximum atomic E-state index is 11.7. The number of aliphatic imine (C=N–C) groups is 1. The van der Waals surface area contributed by atoms with Crippen molar-refractivity contribution in [2.75, 3.05) is 32.9 Å². The van der Waals surface area contributed by atoms with E-state index in [-0.39, 0.29) is 12.6 Å². The Bertz CT molecular complexity index is 1150. The molecule has 0 aliphatic carbocycles. The monoisotopic (exact) mass is 460 g/mol. The molecule has 3 aromatic rings. The molecule has 3 N–H and O–H groups in total. The summed E-state index contributed by atoms with van der Waals surface area (Å²) in [5.74, 6) is -0.0571. The summed E-state index contributed by atoms with van der Waals surface area (Å²) in [6.07, 6.45) is 4.70. The number of nitrogens with one attached hydrogen (secondary N) is 1. The number of amides is 1. The number of carbonyl (C=O) groups excluding carboxylic acids is 1. The SMILES string of the molecule is CCOC(=O)NC(N)=Nc1ccc(-c2cccnc2)cc1-c1cc(CN2CCOCC2)ccn1. The lowest BCUT2D eigenvalue weighted by Crippen LogP contribution is -2.36. The van der Waals surface area contributed by atoms with Gasteiger partial charge in [-0.3, -0.25) is 20.2 Å². The predicted molar refractivity (Wildman–Crippen MR) is 130 cm³/mol. The van der Waals surface area contributed by atoms with Gasteiger partial charge >= 0.3 is 6.09 Å². The molecule has 9 heteroatoms. The normalized spacial score (nSPS) is 14.6. The van der Waals surface area contributed by atoms with Gasteiger partial charge in [0.25, 0.3) is 0 Å². The Labute approximate surface area is 198 Å². The fraction of sp³-hybridized carbons (Fsp3) is 0.280. The van der Waals surface area contributed by atoms with Gasteiger partial charge in [-0.1, -0.05) is 12.1 Å². The second-order valence-corrected chi connectivity index (χ2v) is 7.75. The molecule has 34 heavy (non-hydrogen) atoms. The van der Waals surface area contributed by atoms with E-state index in [2.05, 4.69) is 31.2 Å². The summed E-state index contributed by atoms with van der Waals surface area (Å²) in [6.45, 7) is 6.07. The fourth-order valence-corrected chi connectivity index (χ4v) is 3.72. The molecule has 0 bridgehead atoms. The quantitative estimate of drug-likeness (QED) is 0.428. The van der Waals surface area contributed by atoms with Crippen molar-refractivity contribution in [1.82, 2.24) is 20.2 Å². The van der Waals surface area contributed by atoms with Crippen molar-refractivity contribution >= 4 is 17.7 Å². The Morgan fingerprint density at radius 2 is 2.03 bits per heavy atom. The minimum atomic E-state index is -0.650. The van der Waals surface area contributed by atoms with Gasteiger partial charge in [0.2, 0.25) is 5.96 Å². The first kappa shape index (κ1) is 23.3. The first-order valence-electron chi connectivity index (χ1n) is 11.2. The lowest BCUT2D eigenvalue weighted by molar-refractivity contribution is 0.0342. The molecule has 4 rings (SSSR count). The van der Waals surface area contributed by atoms with Crippen LogP contribution in [0.1, 0.15) is 12.5 Å². The molecule has 2 aromatic heterocycles. The molecule has 1 amide bonds. The molecule has 0 atom stereocenters. The van der Waals surface area contributed by atoms with Crippen LogP contribution in [-0.2, 0) is 16.0 Å². The van der Waals surface area contributed by atoms with Crippen molar-refractivity contribution in [3.63, 3.8) is 0 Å². The first-order chi connectivity index (χ1) is 16.6. The van der Waals surface area contributed by atoms with Crippen molar-refractivity contribution in [1.29, 1.82) is 0 Å². The molecule has 0 saturated carbocycles. The van der Waals surface area contributed by atoms with Crippen LogP contribution in [0.15, 0.2) is 66.0 Å². The molecule has 1 aliphatic rings.